The highest BCUT2D eigenvalue weighted by Gasteiger charge is 2.30. The number of hydrogen-bond donors (Lipinski definition) is 2. The summed E-state index contributed by atoms with van der Waals surface area (Å²) in [6.45, 7) is -0.151. The highest BCUT2D eigenvalue weighted by molar-refractivity contribution is 6.14. The molecule has 1 atom stereocenters. The Morgan fingerprint density at radius 1 is 1.19 bits per heavy atom. The standard InChI is InChI=1S/C11H10O5/c12-4-3-9(13)6-1-2-7-8(5-6)11(15)16-10(7)14/h1-2,5,9,12-13H,3-4H2. The molecule has 0 saturated heterocycles. The molecule has 0 radical (unpaired) electrons. The van der Waals surface area contributed by atoms with E-state index in [4.69, 9.17) is 5.11 Å². The number of esters is 2. The molecule has 0 saturated carbocycles. The van der Waals surface area contributed by atoms with Gasteiger partial charge in [0.2, 0.25) is 0 Å². The molecule has 0 fully saturated rings. The second-order valence-electron chi connectivity index (χ2n) is 3.51. The smallest absolute Gasteiger partial charge is 0.346 e. The number of carbonyl (C=O) groups excluding carboxylic acids is 2. The highest BCUT2D eigenvalue weighted by Crippen LogP contribution is 2.25. The molecule has 2 rings (SSSR count). The van der Waals surface area contributed by atoms with Crippen LogP contribution in [0.1, 0.15) is 38.8 Å². The van der Waals surface area contributed by atoms with E-state index in [1.807, 2.05) is 0 Å². The van der Waals surface area contributed by atoms with E-state index in [2.05, 4.69) is 4.74 Å². The van der Waals surface area contributed by atoms with Crippen LogP contribution in [0.15, 0.2) is 18.2 Å². The molecule has 84 valence electrons. The van der Waals surface area contributed by atoms with Crippen molar-refractivity contribution in [3.63, 3.8) is 0 Å². The van der Waals surface area contributed by atoms with Gasteiger partial charge in [0.1, 0.15) is 0 Å². The minimum atomic E-state index is -0.848. The van der Waals surface area contributed by atoms with Crippen molar-refractivity contribution in [3.05, 3.63) is 34.9 Å². The summed E-state index contributed by atoms with van der Waals surface area (Å²) >= 11 is 0. The van der Waals surface area contributed by atoms with E-state index in [0.717, 1.165) is 0 Å². The third-order valence-corrected chi connectivity index (χ3v) is 2.46. The van der Waals surface area contributed by atoms with Crippen molar-refractivity contribution >= 4 is 11.9 Å². The van der Waals surface area contributed by atoms with E-state index in [1.54, 1.807) is 6.07 Å². The van der Waals surface area contributed by atoms with Gasteiger partial charge in [-0.05, 0) is 17.7 Å². The summed E-state index contributed by atoms with van der Waals surface area (Å²) in [5, 5.41) is 18.3. The van der Waals surface area contributed by atoms with Gasteiger partial charge < -0.3 is 14.9 Å². The molecule has 0 bridgehead atoms. The molecule has 1 aliphatic heterocycles. The average Bonchev–Trinajstić information content (AvgIpc) is 2.55. The molecule has 5 nitrogen and oxygen atoms in total. The zero-order valence-electron chi connectivity index (χ0n) is 8.34. The van der Waals surface area contributed by atoms with Crippen LogP contribution in [0, 0.1) is 0 Å². The zero-order chi connectivity index (χ0) is 11.7. The molecular weight excluding hydrogens is 212 g/mol. The summed E-state index contributed by atoms with van der Waals surface area (Å²) in [5.74, 6) is -1.36. The first-order chi connectivity index (χ1) is 7.63. The molecule has 0 spiro atoms. The van der Waals surface area contributed by atoms with Gasteiger partial charge in [0.25, 0.3) is 0 Å². The van der Waals surface area contributed by atoms with E-state index < -0.39 is 18.0 Å². The summed E-state index contributed by atoms with van der Waals surface area (Å²) in [6, 6.07) is 4.40. The zero-order valence-corrected chi connectivity index (χ0v) is 8.34. The third-order valence-electron chi connectivity index (χ3n) is 2.46. The Morgan fingerprint density at radius 2 is 1.88 bits per heavy atom. The topological polar surface area (TPSA) is 83.8 Å². The van der Waals surface area contributed by atoms with Crippen molar-refractivity contribution in [1.29, 1.82) is 0 Å². The summed E-state index contributed by atoms with van der Waals surface area (Å²) < 4.78 is 4.42. The Bertz CT molecular complexity index is 452. The van der Waals surface area contributed by atoms with Gasteiger partial charge in [-0.25, -0.2) is 9.59 Å². The Morgan fingerprint density at radius 3 is 2.56 bits per heavy atom. The van der Waals surface area contributed by atoms with Gasteiger partial charge in [-0.15, -0.1) is 0 Å². The number of fused-ring (bicyclic) bond motifs is 1. The minimum Gasteiger partial charge on any atom is -0.396 e. The summed E-state index contributed by atoms with van der Waals surface area (Å²) in [5.41, 5.74) is 0.865. The van der Waals surface area contributed by atoms with Gasteiger partial charge in [0.05, 0.1) is 17.2 Å². The molecule has 1 aromatic carbocycles. The van der Waals surface area contributed by atoms with Crippen molar-refractivity contribution in [1.82, 2.24) is 0 Å². The molecule has 1 heterocycles. The Hall–Kier alpha value is -1.72. The fraction of sp³-hybridized carbons (Fsp3) is 0.273. The van der Waals surface area contributed by atoms with Gasteiger partial charge in [-0.2, -0.15) is 0 Å². The number of ether oxygens (including phenoxy) is 1. The van der Waals surface area contributed by atoms with Gasteiger partial charge in [-0.1, -0.05) is 6.07 Å². The third kappa shape index (κ3) is 1.70. The summed E-state index contributed by atoms with van der Waals surface area (Å²) in [7, 11) is 0. The maximum atomic E-state index is 11.2. The van der Waals surface area contributed by atoms with Crippen LogP contribution in [0.25, 0.3) is 0 Å². The molecule has 0 aliphatic carbocycles. The number of aliphatic hydroxyl groups is 2. The Balaban J connectivity index is 2.36. The fourth-order valence-corrected chi connectivity index (χ4v) is 1.60. The first-order valence-electron chi connectivity index (χ1n) is 4.83. The maximum Gasteiger partial charge on any atom is 0.346 e. The lowest BCUT2D eigenvalue weighted by Crippen LogP contribution is -2.02. The van der Waals surface area contributed by atoms with Crippen molar-refractivity contribution in [2.45, 2.75) is 12.5 Å². The maximum absolute atomic E-state index is 11.2. The normalized spacial score (nSPS) is 15.9. The van der Waals surface area contributed by atoms with Crippen LogP contribution >= 0.6 is 0 Å². The Kier molecular flexibility index (Phi) is 2.72. The van der Waals surface area contributed by atoms with Crippen molar-refractivity contribution in [3.8, 4) is 0 Å². The van der Waals surface area contributed by atoms with Gasteiger partial charge in [0.15, 0.2) is 0 Å². The molecule has 2 N–H and O–H groups in total. The predicted molar refractivity (Wildman–Crippen MR) is 52.9 cm³/mol. The molecular formula is C11H10O5. The van der Waals surface area contributed by atoms with Crippen LogP contribution < -0.4 is 0 Å². The van der Waals surface area contributed by atoms with E-state index in [1.165, 1.54) is 12.1 Å². The number of carbonyl (C=O) groups is 2. The second kappa shape index (κ2) is 4.03. The molecule has 1 aromatic rings. The number of cyclic esters (lactones) is 2. The highest BCUT2D eigenvalue weighted by atomic mass is 16.6. The first-order valence-corrected chi connectivity index (χ1v) is 4.83. The number of rotatable bonds is 3. The number of aliphatic hydroxyl groups excluding tert-OH is 2. The fourth-order valence-electron chi connectivity index (χ4n) is 1.60. The van der Waals surface area contributed by atoms with E-state index >= 15 is 0 Å². The quantitative estimate of drug-likeness (QED) is 0.571. The Labute approximate surface area is 91.3 Å². The van der Waals surface area contributed by atoms with Crippen LogP contribution in [-0.4, -0.2) is 28.8 Å². The molecule has 0 aromatic heterocycles. The molecule has 0 amide bonds. The molecule has 5 heteroatoms. The van der Waals surface area contributed by atoms with E-state index in [0.29, 0.717) is 5.56 Å². The molecule has 1 unspecified atom stereocenters. The van der Waals surface area contributed by atoms with E-state index in [9.17, 15) is 14.7 Å². The number of benzene rings is 1. The van der Waals surface area contributed by atoms with Crippen LogP contribution in [0.5, 0.6) is 0 Å². The number of hydrogen-bond acceptors (Lipinski definition) is 5. The van der Waals surface area contributed by atoms with Crippen LogP contribution in [0.2, 0.25) is 0 Å². The van der Waals surface area contributed by atoms with Crippen LogP contribution in [0.4, 0.5) is 0 Å². The first kappa shape index (κ1) is 10.8. The van der Waals surface area contributed by atoms with Gasteiger partial charge in [0, 0.05) is 13.0 Å². The SMILES string of the molecule is O=C1OC(=O)c2cc(C(O)CCO)ccc21. The largest absolute Gasteiger partial charge is 0.396 e. The monoisotopic (exact) mass is 222 g/mol. The van der Waals surface area contributed by atoms with Gasteiger partial charge >= 0.3 is 11.9 Å². The lowest BCUT2D eigenvalue weighted by Gasteiger charge is -2.09. The minimum absolute atomic E-state index is 0.151. The summed E-state index contributed by atoms with van der Waals surface area (Å²) in [6.07, 6.45) is -0.666. The molecule has 1 aliphatic rings. The lowest BCUT2D eigenvalue weighted by atomic mass is 10.0. The van der Waals surface area contributed by atoms with Crippen LogP contribution in [-0.2, 0) is 4.74 Å². The summed E-state index contributed by atoms with van der Waals surface area (Å²) in [4.78, 5) is 22.4. The lowest BCUT2D eigenvalue weighted by molar-refractivity contribution is 0.0444. The van der Waals surface area contributed by atoms with Crippen molar-refractivity contribution in [2.24, 2.45) is 0 Å². The van der Waals surface area contributed by atoms with Crippen LogP contribution in [0.3, 0.4) is 0 Å². The second-order valence-corrected chi connectivity index (χ2v) is 3.51. The average molecular weight is 222 g/mol. The van der Waals surface area contributed by atoms with Gasteiger partial charge in [-0.3, -0.25) is 0 Å². The van der Waals surface area contributed by atoms with Crippen molar-refractivity contribution in [2.75, 3.05) is 6.61 Å². The molecule has 16 heavy (non-hydrogen) atoms. The predicted octanol–water partition coefficient (Wildman–Crippen LogP) is 0.413. The van der Waals surface area contributed by atoms with E-state index in [-0.39, 0.29) is 24.2 Å². The van der Waals surface area contributed by atoms with Crippen molar-refractivity contribution < 1.29 is 24.5 Å².